The van der Waals surface area contributed by atoms with Crippen LogP contribution >= 0.6 is 0 Å². The molecule has 2 N–H and O–H groups in total. The van der Waals surface area contributed by atoms with E-state index >= 15 is 0 Å². The molecule has 2 fully saturated rings. The number of nitrogens with zero attached hydrogens (tertiary/aromatic N) is 1. The van der Waals surface area contributed by atoms with Crippen molar-refractivity contribution in [3.8, 4) is 0 Å². The summed E-state index contributed by atoms with van der Waals surface area (Å²) in [5.74, 6) is -0.425. The predicted octanol–water partition coefficient (Wildman–Crippen LogP) is 1.78. The number of hydrogen-bond acceptors (Lipinski definition) is 3. The predicted molar refractivity (Wildman–Crippen MR) is 90.7 cm³/mol. The van der Waals surface area contributed by atoms with Crippen LogP contribution in [-0.4, -0.2) is 42.4 Å². The summed E-state index contributed by atoms with van der Waals surface area (Å²) in [6.07, 6.45) is 3.74. The molecule has 0 radical (unpaired) electrons. The van der Waals surface area contributed by atoms with Crippen LogP contribution in [0.15, 0.2) is 30.3 Å². The average Bonchev–Trinajstić information content (AvgIpc) is 3.17. The largest absolute Gasteiger partial charge is 0.481 e. The Bertz CT molecular complexity index is 677. The molecule has 6 nitrogen and oxygen atoms in total. The molecule has 24 heavy (non-hydrogen) atoms. The van der Waals surface area contributed by atoms with Gasteiger partial charge >= 0.3 is 5.97 Å². The summed E-state index contributed by atoms with van der Waals surface area (Å²) in [5, 5.41) is 8.94. The smallest absolute Gasteiger partial charge is 0.303 e. The molecule has 1 aliphatic heterocycles. The third-order valence-electron chi connectivity index (χ3n) is 5.01. The van der Waals surface area contributed by atoms with Gasteiger partial charge in [0.1, 0.15) is 0 Å². The van der Waals surface area contributed by atoms with E-state index < -0.39 is 22.2 Å². The number of carboxylic acid groups (broad SMARTS) is 1. The number of fused-ring (bicyclic) bond motifs is 2. The van der Waals surface area contributed by atoms with Gasteiger partial charge in [0.15, 0.2) is 0 Å². The zero-order valence-electron chi connectivity index (χ0n) is 13.6. The first-order chi connectivity index (χ1) is 11.4. The van der Waals surface area contributed by atoms with Gasteiger partial charge in [-0.15, -0.1) is 0 Å². The third-order valence-corrected chi connectivity index (χ3v) is 6.71. The topological polar surface area (TPSA) is 86.7 Å². The van der Waals surface area contributed by atoms with Gasteiger partial charge in [-0.25, -0.2) is 0 Å². The first kappa shape index (κ1) is 17.4. The molecule has 1 saturated carbocycles. The fourth-order valence-corrected chi connectivity index (χ4v) is 5.60. The number of rotatable bonds is 8. The molecule has 3 unspecified atom stereocenters. The van der Waals surface area contributed by atoms with Crippen molar-refractivity contribution >= 4 is 16.2 Å². The highest BCUT2D eigenvalue weighted by Gasteiger charge is 2.44. The molecule has 0 aromatic heterocycles. The van der Waals surface area contributed by atoms with E-state index in [0.717, 1.165) is 24.8 Å². The number of nitrogens with one attached hydrogen (secondary N) is 1. The SMILES string of the molecule is O=C(O)CCC(Cc1ccccc1)NS(=O)(=O)N1CC2CCC1C2. The number of piperidine rings is 1. The van der Waals surface area contributed by atoms with Crippen molar-refractivity contribution in [1.82, 2.24) is 9.03 Å². The lowest BCUT2D eigenvalue weighted by Crippen LogP contribution is -2.49. The molecule has 3 rings (SSSR count). The normalized spacial score (nSPS) is 25.0. The Kier molecular flexibility index (Phi) is 5.22. The first-order valence-electron chi connectivity index (χ1n) is 8.49. The Balaban J connectivity index is 1.69. The van der Waals surface area contributed by atoms with Gasteiger partial charge in [-0.2, -0.15) is 17.4 Å². The molecule has 1 heterocycles. The summed E-state index contributed by atoms with van der Waals surface area (Å²) >= 11 is 0. The lowest BCUT2D eigenvalue weighted by Gasteiger charge is -2.29. The lowest BCUT2D eigenvalue weighted by atomic mass is 10.0. The summed E-state index contributed by atoms with van der Waals surface area (Å²) in [7, 11) is -3.57. The van der Waals surface area contributed by atoms with E-state index in [1.54, 1.807) is 4.31 Å². The van der Waals surface area contributed by atoms with Gasteiger partial charge in [0.25, 0.3) is 10.2 Å². The summed E-state index contributed by atoms with van der Waals surface area (Å²) < 4.78 is 29.8. The fourth-order valence-electron chi connectivity index (χ4n) is 3.85. The number of hydrogen-bond donors (Lipinski definition) is 2. The second-order valence-electron chi connectivity index (χ2n) is 6.84. The van der Waals surface area contributed by atoms with Crippen molar-refractivity contribution in [3.63, 3.8) is 0 Å². The van der Waals surface area contributed by atoms with Crippen LogP contribution in [0, 0.1) is 5.92 Å². The van der Waals surface area contributed by atoms with Gasteiger partial charge in [-0.05, 0) is 43.6 Å². The summed E-state index contributed by atoms with van der Waals surface area (Å²) in [4.78, 5) is 10.9. The maximum atomic E-state index is 12.7. The molecule has 132 valence electrons. The van der Waals surface area contributed by atoms with Crippen LogP contribution in [0.3, 0.4) is 0 Å². The van der Waals surface area contributed by atoms with Gasteiger partial charge in [0.05, 0.1) is 0 Å². The van der Waals surface area contributed by atoms with Gasteiger partial charge in [-0.3, -0.25) is 4.79 Å². The number of aliphatic carboxylic acids is 1. The summed E-state index contributed by atoms with van der Waals surface area (Å²) in [5.41, 5.74) is 0.999. The Morgan fingerprint density at radius 2 is 2.04 bits per heavy atom. The molecular formula is C17H24N2O4S. The molecule has 1 aliphatic carbocycles. The van der Waals surface area contributed by atoms with Crippen LogP contribution in [0.4, 0.5) is 0 Å². The van der Waals surface area contributed by atoms with E-state index in [4.69, 9.17) is 5.11 Å². The van der Waals surface area contributed by atoms with Crippen molar-refractivity contribution in [3.05, 3.63) is 35.9 Å². The van der Waals surface area contributed by atoms with E-state index in [1.165, 1.54) is 0 Å². The fraction of sp³-hybridized carbons (Fsp3) is 0.588. The van der Waals surface area contributed by atoms with E-state index in [9.17, 15) is 13.2 Å². The quantitative estimate of drug-likeness (QED) is 0.747. The van der Waals surface area contributed by atoms with Crippen molar-refractivity contribution in [2.45, 2.75) is 50.6 Å². The van der Waals surface area contributed by atoms with Gasteiger partial charge in [0, 0.05) is 25.0 Å². The van der Waals surface area contributed by atoms with Crippen molar-refractivity contribution in [2.24, 2.45) is 5.92 Å². The van der Waals surface area contributed by atoms with E-state index in [0.29, 0.717) is 18.9 Å². The van der Waals surface area contributed by atoms with Crippen molar-refractivity contribution < 1.29 is 18.3 Å². The standard InChI is InChI=1S/C17H24N2O4S/c20-17(21)9-7-15(10-13-4-2-1-3-5-13)18-24(22,23)19-12-14-6-8-16(19)11-14/h1-5,14-16,18H,6-12H2,(H,20,21). The Morgan fingerprint density at radius 1 is 1.29 bits per heavy atom. The molecule has 7 heteroatoms. The van der Waals surface area contributed by atoms with E-state index in [-0.39, 0.29) is 18.9 Å². The van der Waals surface area contributed by atoms with E-state index in [1.807, 2.05) is 30.3 Å². The van der Waals surface area contributed by atoms with E-state index in [2.05, 4.69) is 4.72 Å². The maximum Gasteiger partial charge on any atom is 0.303 e. The van der Waals surface area contributed by atoms with Crippen LogP contribution in [0.1, 0.15) is 37.7 Å². The van der Waals surface area contributed by atoms with Crippen LogP contribution in [0.25, 0.3) is 0 Å². The van der Waals surface area contributed by atoms with Crippen LogP contribution in [0.5, 0.6) is 0 Å². The minimum absolute atomic E-state index is 0.0495. The average molecular weight is 352 g/mol. The number of carbonyl (C=O) groups is 1. The molecule has 1 aromatic rings. The Labute approximate surface area is 143 Å². The second kappa shape index (κ2) is 7.21. The van der Waals surface area contributed by atoms with Crippen molar-refractivity contribution in [1.29, 1.82) is 0 Å². The first-order valence-corrected chi connectivity index (χ1v) is 9.93. The molecule has 0 spiro atoms. The minimum Gasteiger partial charge on any atom is -0.481 e. The molecular weight excluding hydrogens is 328 g/mol. The highest BCUT2D eigenvalue weighted by Crippen LogP contribution is 2.38. The molecule has 3 atom stereocenters. The highest BCUT2D eigenvalue weighted by atomic mass is 32.2. The summed E-state index contributed by atoms with van der Waals surface area (Å²) in [6.45, 7) is 0.594. The second-order valence-corrected chi connectivity index (χ2v) is 8.50. The van der Waals surface area contributed by atoms with Crippen LogP contribution < -0.4 is 4.72 Å². The molecule has 1 saturated heterocycles. The maximum absolute atomic E-state index is 12.7. The Morgan fingerprint density at radius 3 is 2.62 bits per heavy atom. The van der Waals surface area contributed by atoms with Gasteiger partial charge < -0.3 is 5.11 Å². The lowest BCUT2D eigenvalue weighted by molar-refractivity contribution is -0.137. The molecule has 2 bridgehead atoms. The number of benzene rings is 1. The number of carboxylic acids is 1. The van der Waals surface area contributed by atoms with Crippen LogP contribution in [-0.2, 0) is 21.4 Å². The zero-order chi connectivity index (χ0) is 17.2. The van der Waals surface area contributed by atoms with Gasteiger partial charge in [-0.1, -0.05) is 30.3 Å². The van der Waals surface area contributed by atoms with Crippen molar-refractivity contribution in [2.75, 3.05) is 6.54 Å². The monoisotopic (exact) mass is 352 g/mol. The minimum atomic E-state index is -3.57. The highest BCUT2D eigenvalue weighted by molar-refractivity contribution is 7.87. The van der Waals surface area contributed by atoms with Gasteiger partial charge in [0.2, 0.25) is 0 Å². The van der Waals surface area contributed by atoms with Crippen LogP contribution in [0.2, 0.25) is 0 Å². The Hall–Kier alpha value is -1.44. The molecule has 0 amide bonds. The molecule has 2 aliphatic rings. The summed E-state index contributed by atoms with van der Waals surface area (Å²) in [6, 6.07) is 9.27. The molecule has 1 aromatic carbocycles. The third kappa shape index (κ3) is 4.15. The zero-order valence-corrected chi connectivity index (χ0v) is 14.4.